The summed E-state index contributed by atoms with van der Waals surface area (Å²) in [7, 11) is 0. The highest BCUT2D eigenvalue weighted by molar-refractivity contribution is 5.91. The maximum atomic E-state index is 12.3. The summed E-state index contributed by atoms with van der Waals surface area (Å²) < 4.78 is 5.06. The van der Waals surface area contributed by atoms with E-state index in [0.717, 1.165) is 31.6 Å². The molecule has 1 aliphatic heterocycles. The van der Waals surface area contributed by atoms with E-state index in [1.807, 2.05) is 24.0 Å². The Morgan fingerprint density at radius 2 is 2.00 bits per heavy atom. The smallest absolute Gasteiger partial charge is 0.292 e. The van der Waals surface area contributed by atoms with Crippen LogP contribution in [-0.2, 0) is 0 Å². The number of piperidine rings is 1. The van der Waals surface area contributed by atoms with Crippen LogP contribution >= 0.6 is 0 Å². The van der Waals surface area contributed by atoms with Crippen LogP contribution < -0.4 is 5.32 Å². The molecule has 1 aromatic carbocycles. The van der Waals surface area contributed by atoms with Crippen molar-refractivity contribution in [2.75, 3.05) is 18.4 Å². The molecule has 116 valence electrons. The molecule has 0 radical (unpaired) electrons. The Morgan fingerprint density at radius 1 is 1.27 bits per heavy atom. The highest BCUT2D eigenvalue weighted by Crippen LogP contribution is 2.20. The third kappa shape index (κ3) is 3.13. The first-order valence-corrected chi connectivity index (χ1v) is 7.68. The SMILES string of the molecule is Cc1cc(C(=O)N2CCC(Nc3ccccc3C)CC2)on1. The number of aromatic nitrogens is 1. The fourth-order valence-electron chi connectivity index (χ4n) is 2.80. The number of carbonyl (C=O) groups is 1. The molecular formula is C17H21N3O2. The number of likely N-dealkylation sites (tertiary alicyclic amines) is 1. The van der Waals surface area contributed by atoms with Gasteiger partial charge in [-0.05, 0) is 38.3 Å². The van der Waals surface area contributed by atoms with Crippen molar-refractivity contribution in [2.24, 2.45) is 0 Å². The zero-order valence-corrected chi connectivity index (χ0v) is 13.0. The van der Waals surface area contributed by atoms with E-state index in [1.54, 1.807) is 6.07 Å². The molecule has 5 heteroatoms. The van der Waals surface area contributed by atoms with E-state index in [-0.39, 0.29) is 5.91 Å². The number of amides is 1. The molecule has 2 aromatic rings. The van der Waals surface area contributed by atoms with Crippen LogP contribution in [0.25, 0.3) is 0 Å². The van der Waals surface area contributed by atoms with Gasteiger partial charge in [0.25, 0.3) is 5.91 Å². The lowest BCUT2D eigenvalue weighted by molar-refractivity contribution is 0.0676. The minimum atomic E-state index is -0.0602. The van der Waals surface area contributed by atoms with Crippen molar-refractivity contribution in [3.63, 3.8) is 0 Å². The number of hydrogen-bond acceptors (Lipinski definition) is 4. The normalized spacial score (nSPS) is 15.8. The van der Waals surface area contributed by atoms with Crippen molar-refractivity contribution in [3.8, 4) is 0 Å². The first-order valence-electron chi connectivity index (χ1n) is 7.68. The average Bonchev–Trinajstić information content (AvgIpc) is 2.96. The summed E-state index contributed by atoms with van der Waals surface area (Å²) in [5, 5.41) is 7.36. The van der Waals surface area contributed by atoms with Crippen molar-refractivity contribution in [1.82, 2.24) is 10.1 Å². The lowest BCUT2D eigenvalue weighted by Gasteiger charge is -2.32. The Labute approximate surface area is 130 Å². The van der Waals surface area contributed by atoms with Crippen LogP contribution in [-0.4, -0.2) is 35.1 Å². The van der Waals surface area contributed by atoms with Crippen LogP contribution in [0.15, 0.2) is 34.9 Å². The molecule has 0 aliphatic carbocycles. The second-order valence-corrected chi connectivity index (χ2v) is 5.86. The van der Waals surface area contributed by atoms with Crippen LogP contribution in [0, 0.1) is 13.8 Å². The molecule has 0 saturated carbocycles. The number of anilines is 1. The van der Waals surface area contributed by atoms with E-state index < -0.39 is 0 Å². The van der Waals surface area contributed by atoms with Gasteiger partial charge < -0.3 is 14.7 Å². The van der Waals surface area contributed by atoms with Gasteiger partial charge in [0.05, 0.1) is 5.69 Å². The van der Waals surface area contributed by atoms with E-state index in [0.29, 0.717) is 11.8 Å². The molecule has 0 unspecified atom stereocenters. The van der Waals surface area contributed by atoms with Gasteiger partial charge in [-0.3, -0.25) is 4.79 Å². The second kappa shape index (κ2) is 6.22. The summed E-state index contributed by atoms with van der Waals surface area (Å²) in [6, 6.07) is 10.4. The second-order valence-electron chi connectivity index (χ2n) is 5.86. The Kier molecular flexibility index (Phi) is 4.13. The van der Waals surface area contributed by atoms with Crippen LogP contribution in [0.2, 0.25) is 0 Å². The molecule has 1 fully saturated rings. The summed E-state index contributed by atoms with van der Waals surface area (Å²) in [5.74, 6) is 0.276. The molecular weight excluding hydrogens is 278 g/mol. The molecule has 1 aromatic heterocycles. The number of nitrogens with zero attached hydrogens (tertiary/aromatic N) is 2. The van der Waals surface area contributed by atoms with Gasteiger partial charge in [-0.2, -0.15) is 0 Å². The van der Waals surface area contributed by atoms with Crippen LogP contribution in [0.4, 0.5) is 5.69 Å². The Hall–Kier alpha value is -2.30. The number of rotatable bonds is 3. The lowest BCUT2D eigenvalue weighted by atomic mass is 10.0. The fraction of sp³-hybridized carbons (Fsp3) is 0.412. The fourth-order valence-corrected chi connectivity index (χ4v) is 2.80. The van der Waals surface area contributed by atoms with Crippen molar-refractivity contribution in [3.05, 3.63) is 47.3 Å². The van der Waals surface area contributed by atoms with E-state index >= 15 is 0 Å². The maximum absolute atomic E-state index is 12.3. The quantitative estimate of drug-likeness (QED) is 0.946. The van der Waals surface area contributed by atoms with Gasteiger partial charge in [0.2, 0.25) is 5.76 Å². The predicted octanol–water partition coefficient (Wildman–Crippen LogP) is 3.01. The number of nitrogens with one attached hydrogen (secondary N) is 1. The summed E-state index contributed by atoms with van der Waals surface area (Å²) in [6.45, 7) is 5.40. The van der Waals surface area contributed by atoms with E-state index in [1.165, 1.54) is 11.3 Å². The number of carbonyl (C=O) groups excluding carboxylic acids is 1. The summed E-state index contributed by atoms with van der Waals surface area (Å²) in [6.07, 6.45) is 1.88. The Morgan fingerprint density at radius 3 is 2.64 bits per heavy atom. The summed E-state index contributed by atoms with van der Waals surface area (Å²) in [5.41, 5.74) is 3.16. The van der Waals surface area contributed by atoms with Crippen LogP contribution in [0.3, 0.4) is 0 Å². The van der Waals surface area contributed by atoms with Gasteiger partial charge in [0.1, 0.15) is 0 Å². The number of hydrogen-bond donors (Lipinski definition) is 1. The summed E-state index contributed by atoms with van der Waals surface area (Å²) >= 11 is 0. The van der Waals surface area contributed by atoms with E-state index in [9.17, 15) is 4.79 Å². The van der Waals surface area contributed by atoms with Gasteiger partial charge >= 0.3 is 0 Å². The predicted molar refractivity (Wildman–Crippen MR) is 85.0 cm³/mol. The molecule has 0 atom stereocenters. The molecule has 5 nitrogen and oxygen atoms in total. The van der Waals surface area contributed by atoms with Crippen molar-refractivity contribution in [2.45, 2.75) is 32.7 Å². The zero-order valence-electron chi connectivity index (χ0n) is 13.0. The molecule has 1 amide bonds. The van der Waals surface area contributed by atoms with Gasteiger partial charge in [-0.25, -0.2) is 0 Å². The largest absolute Gasteiger partial charge is 0.382 e. The molecule has 1 saturated heterocycles. The topological polar surface area (TPSA) is 58.4 Å². The minimum absolute atomic E-state index is 0.0602. The standard InChI is InChI=1S/C17H21N3O2/c1-12-5-3-4-6-15(12)18-14-7-9-20(10-8-14)17(21)16-11-13(2)19-22-16/h3-6,11,14,18H,7-10H2,1-2H3. The Balaban J connectivity index is 1.56. The highest BCUT2D eigenvalue weighted by Gasteiger charge is 2.25. The third-order valence-corrected chi connectivity index (χ3v) is 4.13. The molecule has 2 heterocycles. The lowest BCUT2D eigenvalue weighted by Crippen LogP contribution is -2.42. The van der Waals surface area contributed by atoms with Gasteiger partial charge in [-0.15, -0.1) is 0 Å². The summed E-state index contributed by atoms with van der Waals surface area (Å²) in [4.78, 5) is 14.1. The monoisotopic (exact) mass is 299 g/mol. The maximum Gasteiger partial charge on any atom is 0.292 e. The highest BCUT2D eigenvalue weighted by atomic mass is 16.5. The number of benzene rings is 1. The average molecular weight is 299 g/mol. The van der Waals surface area contributed by atoms with Crippen LogP contribution in [0.1, 0.15) is 34.7 Å². The molecule has 1 N–H and O–H groups in total. The van der Waals surface area contributed by atoms with E-state index in [4.69, 9.17) is 4.52 Å². The van der Waals surface area contributed by atoms with Crippen LogP contribution in [0.5, 0.6) is 0 Å². The van der Waals surface area contributed by atoms with Gasteiger partial charge in [0, 0.05) is 30.9 Å². The number of para-hydroxylation sites is 1. The van der Waals surface area contributed by atoms with Crippen molar-refractivity contribution in [1.29, 1.82) is 0 Å². The van der Waals surface area contributed by atoms with Gasteiger partial charge in [-0.1, -0.05) is 23.4 Å². The zero-order chi connectivity index (χ0) is 15.5. The minimum Gasteiger partial charge on any atom is -0.382 e. The third-order valence-electron chi connectivity index (χ3n) is 4.13. The first kappa shape index (κ1) is 14.6. The molecule has 1 aliphatic rings. The first-order chi connectivity index (χ1) is 10.6. The Bertz CT molecular complexity index is 657. The van der Waals surface area contributed by atoms with Crippen molar-refractivity contribution >= 4 is 11.6 Å². The molecule has 3 rings (SSSR count). The molecule has 0 bridgehead atoms. The number of aryl methyl sites for hydroxylation is 2. The van der Waals surface area contributed by atoms with Gasteiger partial charge in [0.15, 0.2) is 0 Å². The van der Waals surface area contributed by atoms with Crippen molar-refractivity contribution < 1.29 is 9.32 Å². The van der Waals surface area contributed by atoms with E-state index in [2.05, 4.69) is 29.5 Å². The molecule has 22 heavy (non-hydrogen) atoms. The molecule has 0 spiro atoms.